The zero-order valence-electron chi connectivity index (χ0n) is 11.1. The van der Waals surface area contributed by atoms with Crippen LogP contribution in [0.1, 0.15) is 11.6 Å². The van der Waals surface area contributed by atoms with Crippen LogP contribution in [0, 0.1) is 0 Å². The molecule has 0 aliphatic rings. The van der Waals surface area contributed by atoms with E-state index >= 15 is 0 Å². The van der Waals surface area contributed by atoms with E-state index in [1.165, 1.54) is 5.56 Å². The summed E-state index contributed by atoms with van der Waals surface area (Å²) in [5.41, 5.74) is 7.04. The third-order valence-electron chi connectivity index (χ3n) is 2.96. The molecule has 18 heavy (non-hydrogen) atoms. The fourth-order valence-electron chi connectivity index (χ4n) is 1.85. The van der Waals surface area contributed by atoms with Crippen molar-refractivity contribution in [2.45, 2.75) is 6.04 Å². The lowest BCUT2D eigenvalue weighted by atomic mass is 10.1. The Morgan fingerprint density at radius 1 is 1.39 bits per heavy atom. The Bertz CT molecular complexity index is 374. The predicted octanol–water partition coefficient (Wildman–Crippen LogP) is 2.04. The fraction of sp³-hybridized carbons (Fsp3) is 0.538. The van der Waals surface area contributed by atoms with Crippen LogP contribution in [0.2, 0.25) is 0 Å². The van der Waals surface area contributed by atoms with Crippen molar-refractivity contribution in [3.8, 4) is 5.75 Å². The van der Waals surface area contributed by atoms with E-state index in [4.69, 9.17) is 15.2 Å². The molecule has 1 aromatic rings. The van der Waals surface area contributed by atoms with Gasteiger partial charge >= 0.3 is 0 Å². The molecule has 0 amide bonds. The van der Waals surface area contributed by atoms with Crippen LogP contribution in [-0.4, -0.2) is 45.9 Å². The number of ether oxygens (including phenoxy) is 2. The number of benzene rings is 1. The average molecular weight is 317 g/mol. The van der Waals surface area contributed by atoms with Crippen molar-refractivity contribution in [1.82, 2.24) is 4.90 Å². The second kappa shape index (κ2) is 7.74. The second-order valence-corrected chi connectivity index (χ2v) is 4.97. The Labute approximate surface area is 117 Å². The number of rotatable bonds is 7. The van der Waals surface area contributed by atoms with Gasteiger partial charge in [0, 0.05) is 26.2 Å². The van der Waals surface area contributed by atoms with Gasteiger partial charge in [-0.05, 0) is 40.7 Å². The molecule has 0 saturated heterocycles. The monoisotopic (exact) mass is 316 g/mol. The maximum absolute atomic E-state index is 5.87. The molecule has 0 aliphatic heterocycles. The third kappa shape index (κ3) is 3.95. The Morgan fingerprint density at radius 2 is 2.11 bits per heavy atom. The van der Waals surface area contributed by atoms with Gasteiger partial charge in [0.2, 0.25) is 0 Å². The molecule has 0 radical (unpaired) electrons. The Hall–Kier alpha value is -0.620. The van der Waals surface area contributed by atoms with Gasteiger partial charge in [-0.3, -0.25) is 4.90 Å². The zero-order valence-corrected chi connectivity index (χ0v) is 12.7. The van der Waals surface area contributed by atoms with E-state index in [1.54, 1.807) is 14.2 Å². The number of likely N-dealkylation sites (N-methyl/N-ethyl adjacent to an activating group) is 1. The first kappa shape index (κ1) is 15.4. The van der Waals surface area contributed by atoms with Crippen LogP contribution in [0.5, 0.6) is 5.75 Å². The molecule has 1 atom stereocenters. The predicted molar refractivity (Wildman–Crippen MR) is 77.0 cm³/mol. The lowest BCUT2D eigenvalue weighted by Gasteiger charge is -2.27. The molecule has 0 aliphatic carbocycles. The number of hydrogen-bond donors (Lipinski definition) is 1. The summed E-state index contributed by atoms with van der Waals surface area (Å²) < 4.78 is 11.3. The van der Waals surface area contributed by atoms with Gasteiger partial charge in [-0.25, -0.2) is 0 Å². The largest absolute Gasteiger partial charge is 0.496 e. The van der Waals surface area contributed by atoms with Crippen molar-refractivity contribution in [2.75, 3.05) is 41.0 Å². The van der Waals surface area contributed by atoms with E-state index in [0.29, 0.717) is 13.2 Å². The van der Waals surface area contributed by atoms with Gasteiger partial charge in [0.25, 0.3) is 0 Å². The smallest absolute Gasteiger partial charge is 0.133 e. The molecule has 102 valence electrons. The highest BCUT2D eigenvalue weighted by molar-refractivity contribution is 9.10. The molecule has 0 saturated carbocycles. The maximum atomic E-state index is 5.87. The van der Waals surface area contributed by atoms with Crippen LogP contribution >= 0.6 is 15.9 Å². The molecule has 0 spiro atoms. The van der Waals surface area contributed by atoms with Gasteiger partial charge in [0.15, 0.2) is 0 Å². The minimum Gasteiger partial charge on any atom is -0.496 e. The van der Waals surface area contributed by atoms with Crippen LogP contribution in [0.15, 0.2) is 22.7 Å². The van der Waals surface area contributed by atoms with Crippen LogP contribution < -0.4 is 10.5 Å². The van der Waals surface area contributed by atoms with E-state index < -0.39 is 0 Å². The van der Waals surface area contributed by atoms with Crippen LogP contribution in [0.4, 0.5) is 0 Å². The normalized spacial score (nSPS) is 12.8. The third-order valence-corrected chi connectivity index (χ3v) is 3.58. The maximum Gasteiger partial charge on any atom is 0.133 e. The van der Waals surface area contributed by atoms with Crippen LogP contribution in [-0.2, 0) is 4.74 Å². The fourth-order valence-corrected chi connectivity index (χ4v) is 2.41. The summed E-state index contributed by atoms with van der Waals surface area (Å²) in [6.45, 7) is 2.12. The molecular formula is C13H21BrN2O2. The molecule has 0 aromatic heterocycles. The van der Waals surface area contributed by atoms with E-state index in [0.717, 1.165) is 16.8 Å². The Kier molecular flexibility index (Phi) is 6.63. The quantitative estimate of drug-likeness (QED) is 0.836. The summed E-state index contributed by atoms with van der Waals surface area (Å²) in [5.74, 6) is 0.828. The van der Waals surface area contributed by atoms with Gasteiger partial charge in [0.05, 0.1) is 18.2 Å². The van der Waals surface area contributed by atoms with Crippen molar-refractivity contribution in [1.29, 1.82) is 0 Å². The summed E-state index contributed by atoms with van der Waals surface area (Å²) >= 11 is 3.50. The summed E-state index contributed by atoms with van der Waals surface area (Å²) in [6, 6.07) is 6.23. The molecule has 4 nitrogen and oxygen atoms in total. The van der Waals surface area contributed by atoms with Crippen molar-refractivity contribution in [3.63, 3.8) is 0 Å². The van der Waals surface area contributed by atoms with E-state index in [2.05, 4.69) is 33.9 Å². The standard InChI is InChI=1S/C13H21BrN2O2/c1-16(6-7-17-2)12(9-15)10-4-5-13(18-3)11(14)8-10/h4-5,8,12H,6-7,9,15H2,1-3H3. The number of nitrogens with zero attached hydrogens (tertiary/aromatic N) is 1. The average Bonchev–Trinajstić information content (AvgIpc) is 2.37. The van der Waals surface area contributed by atoms with Crippen molar-refractivity contribution in [2.24, 2.45) is 5.73 Å². The second-order valence-electron chi connectivity index (χ2n) is 4.12. The molecule has 0 heterocycles. The number of nitrogens with two attached hydrogens (primary N) is 1. The van der Waals surface area contributed by atoms with Crippen molar-refractivity contribution in [3.05, 3.63) is 28.2 Å². The topological polar surface area (TPSA) is 47.7 Å². The number of halogens is 1. The summed E-state index contributed by atoms with van der Waals surface area (Å²) in [4.78, 5) is 2.19. The highest BCUT2D eigenvalue weighted by atomic mass is 79.9. The van der Waals surface area contributed by atoms with Crippen LogP contribution in [0.3, 0.4) is 0 Å². The lowest BCUT2D eigenvalue weighted by Crippen LogP contribution is -2.32. The minimum atomic E-state index is 0.183. The summed E-state index contributed by atoms with van der Waals surface area (Å²) in [5, 5.41) is 0. The Balaban J connectivity index is 2.84. The van der Waals surface area contributed by atoms with Gasteiger partial charge < -0.3 is 15.2 Å². The lowest BCUT2D eigenvalue weighted by molar-refractivity contribution is 0.140. The first-order chi connectivity index (χ1) is 8.63. The summed E-state index contributed by atoms with van der Waals surface area (Å²) in [6.07, 6.45) is 0. The van der Waals surface area contributed by atoms with Crippen molar-refractivity contribution < 1.29 is 9.47 Å². The van der Waals surface area contributed by atoms with Crippen LogP contribution in [0.25, 0.3) is 0 Å². The molecular weight excluding hydrogens is 296 g/mol. The molecule has 1 aromatic carbocycles. The number of methoxy groups -OCH3 is 2. The SMILES string of the molecule is COCCN(C)C(CN)c1ccc(OC)c(Br)c1. The van der Waals surface area contributed by atoms with Gasteiger partial charge in [-0.15, -0.1) is 0 Å². The molecule has 2 N–H and O–H groups in total. The summed E-state index contributed by atoms with van der Waals surface area (Å²) in [7, 11) is 5.41. The van der Waals surface area contributed by atoms with E-state index in [-0.39, 0.29) is 6.04 Å². The first-order valence-electron chi connectivity index (χ1n) is 5.86. The molecule has 1 unspecified atom stereocenters. The zero-order chi connectivity index (χ0) is 13.5. The van der Waals surface area contributed by atoms with Gasteiger partial charge in [-0.1, -0.05) is 6.07 Å². The Morgan fingerprint density at radius 3 is 2.61 bits per heavy atom. The van der Waals surface area contributed by atoms with E-state index in [9.17, 15) is 0 Å². The minimum absolute atomic E-state index is 0.183. The van der Waals surface area contributed by atoms with E-state index in [1.807, 2.05) is 12.1 Å². The molecule has 0 fully saturated rings. The molecule has 5 heteroatoms. The molecule has 1 rings (SSSR count). The highest BCUT2D eigenvalue weighted by Gasteiger charge is 2.16. The van der Waals surface area contributed by atoms with Gasteiger partial charge in [-0.2, -0.15) is 0 Å². The van der Waals surface area contributed by atoms with Gasteiger partial charge in [0.1, 0.15) is 5.75 Å². The molecule has 0 bridgehead atoms. The van der Waals surface area contributed by atoms with Crippen molar-refractivity contribution >= 4 is 15.9 Å². The first-order valence-corrected chi connectivity index (χ1v) is 6.66. The number of hydrogen-bond acceptors (Lipinski definition) is 4. The highest BCUT2D eigenvalue weighted by Crippen LogP contribution is 2.29.